The number of carbonyl (C=O) groups excluding carboxylic acids is 2. The van der Waals surface area contributed by atoms with Crippen LogP contribution in [0.4, 0.5) is 18.9 Å². The van der Waals surface area contributed by atoms with Crippen LogP contribution in [-0.2, 0) is 20.6 Å². The summed E-state index contributed by atoms with van der Waals surface area (Å²) in [6, 6.07) is 14.1. The van der Waals surface area contributed by atoms with Crippen LogP contribution >= 0.6 is 0 Å². The molecule has 2 bridgehead atoms. The number of halogens is 3. The molecule has 0 aromatic heterocycles. The number of allylic oxidation sites excluding steroid dienone is 1. The fourth-order valence-corrected chi connectivity index (χ4v) is 6.12. The van der Waals surface area contributed by atoms with E-state index in [0.29, 0.717) is 6.42 Å². The lowest BCUT2D eigenvalue weighted by Crippen LogP contribution is -2.40. The average molecular weight is 452 g/mol. The zero-order chi connectivity index (χ0) is 22.9. The highest BCUT2D eigenvalue weighted by atomic mass is 19.4. The minimum absolute atomic E-state index is 0.0300. The smallest absolute Gasteiger partial charge is 0.391 e. The second kappa shape index (κ2) is 7.04. The van der Waals surface area contributed by atoms with Gasteiger partial charge in [-0.15, -0.1) is 0 Å². The van der Waals surface area contributed by atoms with Crippen molar-refractivity contribution >= 4 is 29.3 Å². The van der Waals surface area contributed by atoms with Crippen molar-refractivity contribution < 1.29 is 27.6 Å². The number of alkyl halides is 3. The Kier molecular flexibility index (Phi) is 4.31. The van der Waals surface area contributed by atoms with Gasteiger partial charge in [0, 0.05) is 11.8 Å². The molecule has 0 radical (unpaired) electrons. The number of carbonyl (C=O) groups is 2. The van der Waals surface area contributed by atoms with Crippen LogP contribution in [0.5, 0.6) is 0 Å². The van der Waals surface area contributed by atoms with E-state index >= 15 is 0 Å². The number of oxime groups is 1. The zero-order valence-electron chi connectivity index (χ0n) is 17.3. The summed E-state index contributed by atoms with van der Waals surface area (Å²) in [6.45, 7) is 0. The molecule has 1 saturated heterocycles. The molecule has 2 aliphatic heterocycles. The number of nitrogens with zero attached hydrogens (tertiary/aromatic N) is 2. The highest BCUT2D eigenvalue weighted by Gasteiger charge is 2.70. The minimum Gasteiger partial charge on any atom is -0.391 e. The summed E-state index contributed by atoms with van der Waals surface area (Å²) in [6.07, 6.45) is -0.342. The van der Waals surface area contributed by atoms with E-state index in [0.717, 1.165) is 28.3 Å². The van der Waals surface area contributed by atoms with Gasteiger partial charge >= 0.3 is 6.18 Å². The number of anilines is 1. The van der Waals surface area contributed by atoms with Crippen molar-refractivity contribution in [2.45, 2.75) is 18.7 Å². The minimum atomic E-state index is -4.56. The second-order valence-electron chi connectivity index (χ2n) is 9.03. The monoisotopic (exact) mass is 452 g/mol. The van der Waals surface area contributed by atoms with Gasteiger partial charge in [0.15, 0.2) is 0 Å². The Hall–Kier alpha value is -3.42. The van der Waals surface area contributed by atoms with Crippen LogP contribution in [-0.4, -0.2) is 23.6 Å². The Labute approximate surface area is 187 Å². The lowest BCUT2D eigenvalue weighted by atomic mass is 9.72. The summed E-state index contributed by atoms with van der Waals surface area (Å²) in [4.78, 5) is 33.3. The predicted molar refractivity (Wildman–Crippen MR) is 114 cm³/mol. The van der Waals surface area contributed by atoms with Gasteiger partial charge in [-0.3, -0.25) is 14.5 Å². The Morgan fingerprint density at radius 2 is 1.64 bits per heavy atom. The van der Waals surface area contributed by atoms with Gasteiger partial charge in [0.05, 0.1) is 28.8 Å². The van der Waals surface area contributed by atoms with E-state index < -0.39 is 35.4 Å². The molecule has 0 N–H and O–H groups in total. The molecule has 3 fully saturated rings. The summed E-state index contributed by atoms with van der Waals surface area (Å²) >= 11 is 0. The molecule has 0 unspecified atom stereocenters. The van der Waals surface area contributed by atoms with Crippen molar-refractivity contribution in [1.29, 1.82) is 0 Å². The summed E-state index contributed by atoms with van der Waals surface area (Å²) in [5.41, 5.74) is 0.832. The van der Waals surface area contributed by atoms with E-state index in [-0.39, 0.29) is 29.5 Å². The number of amides is 2. The van der Waals surface area contributed by atoms with Crippen molar-refractivity contribution in [1.82, 2.24) is 0 Å². The molecular formula is C25H19F3N2O3. The number of imide groups is 1. The fraction of sp³-hybridized carbons (Fsp3) is 0.320. The number of fused-ring (bicyclic) bond motifs is 8. The van der Waals surface area contributed by atoms with Crippen molar-refractivity contribution in [3.8, 4) is 0 Å². The van der Waals surface area contributed by atoms with Gasteiger partial charge in [0.2, 0.25) is 11.8 Å². The van der Waals surface area contributed by atoms with Crippen LogP contribution in [0.1, 0.15) is 17.5 Å². The van der Waals surface area contributed by atoms with Gasteiger partial charge in [-0.05, 0) is 42.2 Å². The van der Waals surface area contributed by atoms with Crippen LogP contribution in [0.15, 0.2) is 65.8 Å². The van der Waals surface area contributed by atoms with E-state index in [1.54, 1.807) is 0 Å². The standard InChI is InChI=1S/C25H19F3N2O3/c26-25(27,28)14-7-4-8-15(11-14)30-23(31)20-16-12-17(21(20)24(30)32)22-19(16)18(29-33-22)10-9-13-5-2-1-3-6-13/h1-11,16-17,19-22H,12H2/b10-9+/t16-,17-,19-,20-,21+,22-/m1/s1. The van der Waals surface area contributed by atoms with Crippen molar-refractivity contribution in [2.24, 2.45) is 34.7 Å². The number of hydrogen-bond acceptors (Lipinski definition) is 4. The highest BCUT2D eigenvalue weighted by molar-refractivity contribution is 6.23. The lowest BCUT2D eigenvalue weighted by molar-refractivity contribution is -0.137. The molecule has 2 aromatic carbocycles. The quantitative estimate of drug-likeness (QED) is 0.643. The molecular weight excluding hydrogens is 433 g/mol. The van der Waals surface area contributed by atoms with E-state index in [1.807, 2.05) is 42.5 Å². The molecule has 5 nitrogen and oxygen atoms in total. The van der Waals surface area contributed by atoms with Crippen molar-refractivity contribution in [3.63, 3.8) is 0 Å². The maximum absolute atomic E-state index is 13.3. The predicted octanol–water partition coefficient (Wildman–Crippen LogP) is 4.55. The fourth-order valence-electron chi connectivity index (χ4n) is 6.12. The Balaban J connectivity index is 1.29. The Morgan fingerprint density at radius 1 is 0.909 bits per heavy atom. The van der Waals surface area contributed by atoms with Gasteiger partial charge in [0.1, 0.15) is 6.10 Å². The summed E-state index contributed by atoms with van der Waals surface area (Å²) in [5, 5.41) is 4.24. The zero-order valence-corrected chi connectivity index (χ0v) is 17.3. The Morgan fingerprint density at radius 3 is 2.36 bits per heavy atom. The van der Waals surface area contributed by atoms with Crippen LogP contribution in [0.2, 0.25) is 0 Å². The lowest BCUT2D eigenvalue weighted by Gasteiger charge is -2.29. The van der Waals surface area contributed by atoms with E-state index in [1.165, 1.54) is 12.1 Å². The number of hydrogen-bond donors (Lipinski definition) is 0. The average Bonchev–Trinajstić information content (AvgIpc) is 3.53. The summed E-state index contributed by atoms with van der Waals surface area (Å²) in [5.74, 6) is -2.40. The molecule has 2 aromatic rings. The first kappa shape index (κ1) is 20.2. The molecule has 168 valence electrons. The molecule has 6 rings (SSSR count). The van der Waals surface area contributed by atoms with Crippen LogP contribution in [0.25, 0.3) is 6.08 Å². The maximum atomic E-state index is 13.3. The molecule has 2 heterocycles. The third-order valence-electron chi connectivity index (χ3n) is 7.40. The topological polar surface area (TPSA) is 59.0 Å². The van der Waals surface area contributed by atoms with Gasteiger partial charge < -0.3 is 4.84 Å². The third-order valence-corrected chi connectivity index (χ3v) is 7.40. The van der Waals surface area contributed by atoms with Gasteiger partial charge in [0.25, 0.3) is 0 Å². The molecule has 2 saturated carbocycles. The Bertz CT molecular complexity index is 1210. The first-order chi connectivity index (χ1) is 15.8. The highest BCUT2D eigenvalue weighted by Crippen LogP contribution is 2.61. The van der Waals surface area contributed by atoms with Crippen LogP contribution < -0.4 is 4.90 Å². The molecule has 8 heteroatoms. The second-order valence-corrected chi connectivity index (χ2v) is 9.03. The normalized spacial score (nSPS) is 32.3. The first-order valence-electron chi connectivity index (χ1n) is 10.9. The van der Waals surface area contributed by atoms with Crippen LogP contribution in [0, 0.1) is 29.6 Å². The largest absolute Gasteiger partial charge is 0.416 e. The molecule has 0 spiro atoms. The van der Waals surface area contributed by atoms with Gasteiger partial charge in [-0.1, -0.05) is 47.6 Å². The molecule has 2 amide bonds. The summed E-state index contributed by atoms with van der Waals surface area (Å²) < 4.78 is 39.6. The van der Waals surface area contributed by atoms with Crippen molar-refractivity contribution in [2.75, 3.05) is 4.90 Å². The first-order valence-corrected chi connectivity index (χ1v) is 10.9. The molecule has 2 aliphatic carbocycles. The summed E-state index contributed by atoms with van der Waals surface area (Å²) in [7, 11) is 0. The molecule has 4 aliphatic rings. The number of rotatable bonds is 3. The van der Waals surface area contributed by atoms with Crippen molar-refractivity contribution in [3.05, 3.63) is 71.8 Å². The third kappa shape index (κ3) is 2.96. The maximum Gasteiger partial charge on any atom is 0.416 e. The van der Waals surface area contributed by atoms with Gasteiger partial charge in [-0.25, -0.2) is 0 Å². The number of benzene rings is 2. The van der Waals surface area contributed by atoms with Crippen LogP contribution in [0.3, 0.4) is 0 Å². The van der Waals surface area contributed by atoms with E-state index in [2.05, 4.69) is 5.16 Å². The SMILES string of the molecule is O=C1[C@@H]2[C@@H]3C[C@@H]([C@H]4ON=C(/C=C/c5ccccc5)[C@@H]34)[C@@H]2C(=O)N1c1cccc(C(F)(F)F)c1. The molecule has 33 heavy (non-hydrogen) atoms. The molecule has 6 atom stereocenters. The van der Waals surface area contributed by atoms with E-state index in [4.69, 9.17) is 4.84 Å². The van der Waals surface area contributed by atoms with E-state index in [9.17, 15) is 22.8 Å². The van der Waals surface area contributed by atoms with Gasteiger partial charge in [-0.2, -0.15) is 13.2 Å².